The number of hydrogen-bond acceptors (Lipinski definition) is 6. The van der Waals surface area contributed by atoms with E-state index in [1.54, 1.807) is 19.2 Å². The van der Waals surface area contributed by atoms with Crippen LogP contribution in [-0.4, -0.2) is 51.9 Å². The number of benzene rings is 3. The Kier molecular flexibility index (Phi) is 8.02. The molecule has 0 bridgehead atoms. The fourth-order valence-corrected chi connectivity index (χ4v) is 6.08. The van der Waals surface area contributed by atoms with Crippen LogP contribution in [0.5, 0.6) is 11.5 Å². The average molecular weight is 615 g/mol. The van der Waals surface area contributed by atoms with Crippen LogP contribution in [0.15, 0.2) is 42.5 Å². The lowest BCUT2D eigenvalue weighted by Crippen LogP contribution is -2.36. The number of aromatic nitrogens is 2. The Morgan fingerprint density at radius 1 is 1.19 bits per heavy atom. The van der Waals surface area contributed by atoms with Crippen molar-refractivity contribution in [2.24, 2.45) is 0 Å². The first-order valence-electron chi connectivity index (χ1n) is 13.8. The van der Waals surface area contributed by atoms with Crippen molar-refractivity contribution in [2.45, 2.75) is 51.6 Å². The lowest BCUT2D eigenvalue weighted by molar-refractivity contribution is -0.0592. The topological polar surface area (TPSA) is 86.0 Å². The van der Waals surface area contributed by atoms with Gasteiger partial charge >= 0.3 is 5.97 Å². The van der Waals surface area contributed by atoms with E-state index in [2.05, 4.69) is 16.8 Å². The van der Waals surface area contributed by atoms with E-state index in [4.69, 9.17) is 37.4 Å². The molecular formula is C31H30Cl2FN3O5. The van der Waals surface area contributed by atoms with Crippen molar-refractivity contribution in [3.8, 4) is 11.5 Å². The van der Waals surface area contributed by atoms with Crippen molar-refractivity contribution in [1.29, 1.82) is 0 Å². The Bertz CT molecular complexity index is 1670. The predicted molar refractivity (Wildman–Crippen MR) is 157 cm³/mol. The summed E-state index contributed by atoms with van der Waals surface area (Å²) in [7, 11) is 1.59. The molecule has 0 spiro atoms. The van der Waals surface area contributed by atoms with Gasteiger partial charge in [0.25, 0.3) is 0 Å². The van der Waals surface area contributed by atoms with Crippen LogP contribution in [0, 0.1) is 5.82 Å². The Labute approximate surface area is 252 Å². The van der Waals surface area contributed by atoms with E-state index in [-0.39, 0.29) is 29.8 Å². The molecule has 6 rings (SSSR count). The Morgan fingerprint density at radius 2 is 2.00 bits per heavy atom. The first kappa shape index (κ1) is 28.7. The number of methoxy groups -OCH3 is 1. The van der Waals surface area contributed by atoms with Crippen molar-refractivity contribution < 1.29 is 28.5 Å². The number of ether oxygens (including phenoxy) is 3. The number of aromatic carboxylic acids is 1. The van der Waals surface area contributed by atoms with Crippen LogP contribution in [0.2, 0.25) is 10.0 Å². The van der Waals surface area contributed by atoms with Crippen molar-refractivity contribution in [3.63, 3.8) is 0 Å². The second-order valence-corrected chi connectivity index (χ2v) is 11.5. The number of carboxylic acids is 1. The normalized spacial score (nSPS) is 18.5. The number of hydrogen-bond donors (Lipinski definition) is 1. The summed E-state index contributed by atoms with van der Waals surface area (Å²) in [4.78, 5) is 18.6. The van der Waals surface area contributed by atoms with Gasteiger partial charge in [-0.3, -0.25) is 4.90 Å². The summed E-state index contributed by atoms with van der Waals surface area (Å²) >= 11 is 12.7. The number of nitrogens with zero attached hydrogens (tertiary/aromatic N) is 3. The molecule has 0 aliphatic carbocycles. The molecule has 0 unspecified atom stereocenters. The summed E-state index contributed by atoms with van der Waals surface area (Å²) < 4.78 is 34.2. The van der Waals surface area contributed by atoms with E-state index in [0.29, 0.717) is 52.6 Å². The second-order valence-electron chi connectivity index (χ2n) is 10.7. The van der Waals surface area contributed by atoms with Gasteiger partial charge in [0.15, 0.2) is 5.82 Å². The zero-order chi connectivity index (χ0) is 29.5. The van der Waals surface area contributed by atoms with Crippen LogP contribution in [0.1, 0.15) is 52.3 Å². The predicted octanol–water partition coefficient (Wildman–Crippen LogP) is 6.68. The molecule has 3 aromatic carbocycles. The quantitative estimate of drug-likeness (QED) is 0.225. The van der Waals surface area contributed by atoms with E-state index in [1.165, 1.54) is 6.07 Å². The summed E-state index contributed by atoms with van der Waals surface area (Å²) in [5.74, 6) is 0.0390. The fraction of sp³-hybridized carbons (Fsp3) is 0.355. The molecule has 0 radical (unpaired) electrons. The second kappa shape index (κ2) is 11.7. The maximum absolute atomic E-state index is 15.0. The molecule has 2 aliphatic heterocycles. The van der Waals surface area contributed by atoms with Gasteiger partial charge in [-0.15, -0.1) is 0 Å². The monoisotopic (exact) mass is 613 g/mol. The molecule has 11 heteroatoms. The first-order valence-corrected chi connectivity index (χ1v) is 14.5. The summed E-state index contributed by atoms with van der Waals surface area (Å²) in [5.41, 5.74) is 3.60. The number of halogens is 3. The molecule has 1 N–H and O–H groups in total. The highest BCUT2D eigenvalue weighted by Crippen LogP contribution is 2.38. The minimum Gasteiger partial charge on any atom is -0.496 e. The van der Waals surface area contributed by atoms with Gasteiger partial charge < -0.3 is 23.9 Å². The Morgan fingerprint density at radius 3 is 2.71 bits per heavy atom. The molecule has 2 atom stereocenters. The molecule has 2 aliphatic rings. The third kappa shape index (κ3) is 5.54. The largest absolute Gasteiger partial charge is 0.496 e. The van der Waals surface area contributed by atoms with Crippen molar-refractivity contribution in [2.75, 3.05) is 20.3 Å². The van der Waals surface area contributed by atoms with Gasteiger partial charge in [-0.25, -0.2) is 14.2 Å². The first-order chi connectivity index (χ1) is 20.2. The van der Waals surface area contributed by atoms with Crippen LogP contribution in [0.4, 0.5) is 4.39 Å². The van der Waals surface area contributed by atoms with Crippen molar-refractivity contribution in [3.05, 3.63) is 86.4 Å². The fourth-order valence-electron chi connectivity index (χ4n) is 5.68. The highest BCUT2D eigenvalue weighted by molar-refractivity contribution is 6.32. The highest BCUT2D eigenvalue weighted by Gasteiger charge is 2.29. The molecule has 220 valence electrons. The van der Waals surface area contributed by atoms with E-state index < -0.39 is 11.8 Å². The van der Waals surface area contributed by atoms with Gasteiger partial charge in [-0.2, -0.15) is 0 Å². The highest BCUT2D eigenvalue weighted by atomic mass is 35.5. The minimum absolute atomic E-state index is 0.00826. The summed E-state index contributed by atoms with van der Waals surface area (Å²) in [6.45, 7) is 4.73. The standard InChI is InChI=1S/C31H30Cl2FN3O5/c1-17-23-13-28(42-16-19-3-4-21(32)12-27(19)40-2)24(33)9-18(23)5-7-36(17)15-29-35-30-25(34)10-20(31(38)39)11-26(30)37(29)14-22-6-8-41-22/h3-4,9-13,17,22H,5-8,14-16H2,1-2H3,(H,38,39)/t17-,22-/m0/s1. The van der Waals surface area contributed by atoms with E-state index in [1.807, 2.05) is 22.8 Å². The van der Waals surface area contributed by atoms with Gasteiger partial charge in [-0.05, 0) is 67.3 Å². The number of carboxylic acid groups (broad SMARTS) is 1. The number of carbonyl (C=O) groups is 1. The van der Waals surface area contributed by atoms with Gasteiger partial charge in [0.05, 0.1) is 42.4 Å². The summed E-state index contributed by atoms with van der Waals surface area (Å²) in [5, 5.41) is 10.6. The van der Waals surface area contributed by atoms with Crippen molar-refractivity contribution >= 4 is 40.2 Å². The zero-order valence-corrected chi connectivity index (χ0v) is 24.7. The molecule has 0 amide bonds. The lowest BCUT2D eigenvalue weighted by Gasteiger charge is -2.36. The lowest BCUT2D eigenvalue weighted by atomic mass is 9.93. The third-order valence-corrected chi connectivity index (χ3v) is 8.68. The van der Waals surface area contributed by atoms with Crippen molar-refractivity contribution in [1.82, 2.24) is 14.5 Å². The maximum atomic E-state index is 15.0. The molecule has 4 aromatic rings. The van der Waals surface area contributed by atoms with Crippen LogP contribution in [0.25, 0.3) is 11.0 Å². The summed E-state index contributed by atoms with van der Waals surface area (Å²) in [6, 6.07) is 11.9. The van der Waals surface area contributed by atoms with Gasteiger partial charge in [0.1, 0.15) is 29.4 Å². The van der Waals surface area contributed by atoms with Crippen LogP contribution in [0.3, 0.4) is 0 Å². The molecule has 8 nitrogen and oxygen atoms in total. The molecule has 1 fully saturated rings. The van der Waals surface area contributed by atoms with Gasteiger partial charge in [0, 0.05) is 29.8 Å². The molecule has 42 heavy (non-hydrogen) atoms. The number of rotatable bonds is 9. The van der Waals surface area contributed by atoms with Crippen LogP contribution in [-0.2, 0) is 30.9 Å². The van der Waals surface area contributed by atoms with Crippen LogP contribution < -0.4 is 9.47 Å². The Hall–Kier alpha value is -3.37. The average Bonchev–Trinajstić information content (AvgIpc) is 3.29. The minimum atomic E-state index is -1.18. The van der Waals surface area contributed by atoms with E-state index >= 15 is 4.39 Å². The van der Waals surface area contributed by atoms with E-state index in [0.717, 1.165) is 42.1 Å². The number of fused-ring (bicyclic) bond motifs is 2. The molecule has 1 aromatic heterocycles. The molecule has 3 heterocycles. The van der Waals surface area contributed by atoms with E-state index in [9.17, 15) is 9.90 Å². The Balaban J connectivity index is 1.27. The zero-order valence-electron chi connectivity index (χ0n) is 23.2. The summed E-state index contributed by atoms with van der Waals surface area (Å²) in [6.07, 6.45) is 1.64. The molecule has 0 saturated carbocycles. The maximum Gasteiger partial charge on any atom is 0.335 e. The third-order valence-electron chi connectivity index (χ3n) is 8.15. The van der Waals surface area contributed by atoms with Gasteiger partial charge in [-0.1, -0.05) is 29.3 Å². The molecule has 1 saturated heterocycles. The van der Waals surface area contributed by atoms with Gasteiger partial charge in [0.2, 0.25) is 0 Å². The van der Waals surface area contributed by atoms with Crippen LogP contribution >= 0.6 is 23.2 Å². The number of imidazole rings is 1. The smallest absolute Gasteiger partial charge is 0.335 e. The SMILES string of the molecule is COc1cc(Cl)ccc1COc1cc2c(cc1Cl)CCN(Cc1nc3c(F)cc(C(=O)O)cc3n1C[C@@H]1CCO1)[C@H]2C. The molecular weight excluding hydrogens is 584 g/mol.